The summed E-state index contributed by atoms with van der Waals surface area (Å²) in [6, 6.07) is 4.06. The van der Waals surface area contributed by atoms with Crippen molar-refractivity contribution in [1.29, 1.82) is 0 Å². The van der Waals surface area contributed by atoms with Gasteiger partial charge in [0, 0.05) is 12.2 Å². The maximum Gasteiger partial charge on any atom is 0.522 e. The standard InChI is InChI=1S/C9H8BrF4NO/c10-7-5-6(1-2-8(7)11)15-3-4-16-9(12,13)14/h1-2,5,15H,3-4H2. The highest BCUT2D eigenvalue weighted by Gasteiger charge is 2.28. The topological polar surface area (TPSA) is 21.3 Å². The Morgan fingerprint density at radius 2 is 2.00 bits per heavy atom. The molecule has 0 heterocycles. The molecule has 0 spiro atoms. The predicted octanol–water partition coefficient (Wildman–Crippen LogP) is 3.54. The maximum atomic E-state index is 12.8. The first-order valence-electron chi connectivity index (χ1n) is 4.28. The SMILES string of the molecule is Fc1ccc(NCCOC(F)(F)F)cc1Br. The molecule has 0 saturated carbocycles. The molecule has 2 nitrogen and oxygen atoms in total. The molecule has 0 aromatic heterocycles. The molecule has 0 fully saturated rings. The van der Waals surface area contributed by atoms with Crippen LogP contribution in [0.4, 0.5) is 23.2 Å². The summed E-state index contributed by atoms with van der Waals surface area (Å²) in [5.74, 6) is -0.433. The number of benzene rings is 1. The van der Waals surface area contributed by atoms with E-state index in [0.717, 1.165) is 0 Å². The molecule has 0 saturated heterocycles. The van der Waals surface area contributed by atoms with Crippen molar-refractivity contribution in [1.82, 2.24) is 0 Å². The first-order valence-corrected chi connectivity index (χ1v) is 5.07. The van der Waals surface area contributed by atoms with Crippen molar-refractivity contribution in [2.24, 2.45) is 0 Å². The molecule has 1 aromatic carbocycles. The fourth-order valence-electron chi connectivity index (χ4n) is 0.968. The zero-order valence-corrected chi connectivity index (χ0v) is 9.53. The third kappa shape index (κ3) is 4.80. The van der Waals surface area contributed by atoms with Gasteiger partial charge >= 0.3 is 6.36 Å². The van der Waals surface area contributed by atoms with Gasteiger partial charge in [-0.15, -0.1) is 13.2 Å². The molecule has 0 aliphatic heterocycles. The van der Waals surface area contributed by atoms with E-state index >= 15 is 0 Å². The molecule has 1 rings (SSSR count). The number of ether oxygens (including phenoxy) is 1. The molecule has 0 atom stereocenters. The molecule has 0 bridgehead atoms. The molecule has 1 aromatic rings. The van der Waals surface area contributed by atoms with Crippen molar-refractivity contribution >= 4 is 21.6 Å². The molecule has 16 heavy (non-hydrogen) atoms. The van der Waals surface area contributed by atoms with Crippen LogP contribution in [0.5, 0.6) is 0 Å². The minimum Gasteiger partial charge on any atom is -0.383 e. The molecule has 0 aliphatic carbocycles. The highest BCUT2D eigenvalue weighted by molar-refractivity contribution is 9.10. The monoisotopic (exact) mass is 301 g/mol. The third-order valence-corrected chi connectivity index (χ3v) is 2.22. The van der Waals surface area contributed by atoms with Crippen LogP contribution < -0.4 is 5.32 Å². The highest BCUT2D eigenvalue weighted by atomic mass is 79.9. The first-order chi connectivity index (χ1) is 7.38. The van der Waals surface area contributed by atoms with Gasteiger partial charge in [0.2, 0.25) is 0 Å². The molecular weight excluding hydrogens is 294 g/mol. The van der Waals surface area contributed by atoms with E-state index in [1.807, 2.05) is 0 Å². The van der Waals surface area contributed by atoms with Crippen LogP contribution in [0, 0.1) is 5.82 Å². The fraction of sp³-hybridized carbons (Fsp3) is 0.333. The van der Waals surface area contributed by atoms with E-state index in [0.29, 0.717) is 5.69 Å². The quantitative estimate of drug-likeness (QED) is 0.678. The van der Waals surface area contributed by atoms with E-state index in [1.165, 1.54) is 18.2 Å². The van der Waals surface area contributed by atoms with Gasteiger partial charge in [0.1, 0.15) is 5.82 Å². The summed E-state index contributed by atoms with van der Waals surface area (Å²) >= 11 is 2.96. The van der Waals surface area contributed by atoms with E-state index in [4.69, 9.17) is 0 Å². The van der Waals surface area contributed by atoms with E-state index in [1.54, 1.807) is 0 Å². The summed E-state index contributed by atoms with van der Waals surface area (Å²) in [7, 11) is 0. The molecule has 0 unspecified atom stereocenters. The van der Waals surface area contributed by atoms with E-state index in [9.17, 15) is 17.6 Å². The van der Waals surface area contributed by atoms with Gasteiger partial charge in [-0.25, -0.2) is 4.39 Å². The Morgan fingerprint density at radius 1 is 1.31 bits per heavy atom. The molecule has 7 heteroatoms. The van der Waals surface area contributed by atoms with Crippen LogP contribution in [-0.4, -0.2) is 19.5 Å². The van der Waals surface area contributed by atoms with E-state index in [2.05, 4.69) is 26.0 Å². The normalized spacial score (nSPS) is 11.6. The maximum absolute atomic E-state index is 12.8. The van der Waals surface area contributed by atoms with Crippen molar-refractivity contribution < 1.29 is 22.3 Å². The van der Waals surface area contributed by atoms with Crippen molar-refractivity contribution in [3.05, 3.63) is 28.5 Å². The van der Waals surface area contributed by atoms with Gasteiger partial charge in [-0.1, -0.05) is 0 Å². The summed E-state index contributed by atoms with van der Waals surface area (Å²) in [6.07, 6.45) is -4.62. The average Bonchev–Trinajstić information content (AvgIpc) is 2.17. The zero-order valence-electron chi connectivity index (χ0n) is 7.94. The van der Waals surface area contributed by atoms with Crippen LogP contribution in [0.25, 0.3) is 0 Å². The molecule has 0 radical (unpaired) electrons. The van der Waals surface area contributed by atoms with Gasteiger partial charge in [-0.3, -0.25) is 4.74 Å². The van der Waals surface area contributed by atoms with E-state index in [-0.39, 0.29) is 11.0 Å². The summed E-state index contributed by atoms with van der Waals surface area (Å²) in [4.78, 5) is 0. The van der Waals surface area contributed by atoms with Gasteiger partial charge in [-0.2, -0.15) is 0 Å². The lowest BCUT2D eigenvalue weighted by Gasteiger charge is -2.09. The number of anilines is 1. The van der Waals surface area contributed by atoms with Crippen LogP contribution in [0.15, 0.2) is 22.7 Å². The second kappa shape index (κ2) is 5.49. The van der Waals surface area contributed by atoms with Gasteiger partial charge in [-0.05, 0) is 34.1 Å². The number of hydrogen-bond acceptors (Lipinski definition) is 2. The summed E-state index contributed by atoms with van der Waals surface area (Å²) in [5.41, 5.74) is 0.513. The van der Waals surface area contributed by atoms with Gasteiger partial charge in [0.05, 0.1) is 11.1 Å². The molecule has 90 valence electrons. The first kappa shape index (κ1) is 13.2. The van der Waals surface area contributed by atoms with Crippen LogP contribution in [-0.2, 0) is 4.74 Å². The Balaban J connectivity index is 2.35. The number of hydrogen-bond donors (Lipinski definition) is 1. The third-order valence-electron chi connectivity index (χ3n) is 1.62. The van der Waals surface area contributed by atoms with Crippen molar-refractivity contribution in [3.63, 3.8) is 0 Å². The molecule has 0 amide bonds. The number of rotatable bonds is 4. The van der Waals surface area contributed by atoms with Crippen molar-refractivity contribution in [2.75, 3.05) is 18.5 Å². The Hall–Kier alpha value is -0.820. The second-order valence-corrected chi connectivity index (χ2v) is 3.70. The lowest BCUT2D eigenvalue weighted by Crippen LogP contribution is -2.19. The van der Waals surface area contributed by atoms with Crippen LogP contribution in [0.3, 0.4) is 0 Å². The van der Waals surface area contributed by atoms with Crippen LogP contribution >= 0.6 is 15.9 Å². The molecule has 0 aliphatic rings. The lowest BCUT2D eigenvalue weighted by atomic mass is 10.3. The Labute approximate surface area is 97.7 Å². The van der Waals surface area contributed by atoms with Crippen molar-refractivity contribution in [2.45, 2.75) is 6.36 Å². The number of alkyl halides is 3. The lowest BCUT2D eigenvalue weighted by molar-refractivity contribution is -0.322. The molecule has 1 N–H and O–H groups in total. The number of halogens is 5. The van der Waals surface area contributed by atoms with Crippen LogP contribution in [0.1, 0.15) is 0 Å². The minimum absolute atomic E-state index is 0.0163. The van der Waals surface area contributed by atoms with Crippen LogP contribution in [0.2, 0.25) is 0 Å². The zero-order chi connectivity index (χ0) is 12.2. The number of nitrogens with one attached hydrogen (secondary N) is 1. The Kier molecular flexibility index (Phi) is 4.55. The van der Waals surface area contributed by atoms with Gasteiger partial charge in [0.25, 0.3) is 0 Å². The smallest absolute Gasteiger partial charge is 0.383 e. The minimum atomic E-state index is -4.62. The highest BCUT2D eigenvalue weighted by Crippen LogP contribution is 2.20. The predicted molar refractivity (Wildman–Crippen MR) is 54.6 cm³/mol. The largest absolute Gasteiger partial charge is 0.522 e. The summed E-state index contributed by atoms with van der Waals surface area (Å²) in [6.45, 7) is -0.518. The Bertz CT molecular complexity index is 356. The van der Waals surface area contributed by atoms with Gasteiger partial charge < -0.3 is 5.32 Å². The fourth-order valence-corrected chi connectivity index (χ4v) is 1.35. The summed E-state index contributed by atoms with van der Waals surface area (Å²) in [5, 5.41) is 2.66. The Morgan fingerprint density at radius 3 is 2.56 bits per heavy atom. The van der Waals surface area contributed by atoms with Crippen molar-refractivity contribution in [3.8, 4) is 0 Å². The van der Waals surface area contributed by atoms with E-state index < -0.39 is 18.8 Å². The molecular formula is C9H8BrF4NO. The van der Waals surface area contributed by atoms with Gasteiger partial charge in [0.15, 0.2) is 0 Å². The average molecular weight is 302 g/mol. The summed E-state index contributed by atoms with van der Waals surface area (Å²) < 4.78 is 51.4. The second-order valence-electron chi connectivity index (χ2n) is 2.85.